The van der Waals surface area contributed by atoms with Crippen molar-refractivity contribution in [2.24, 2.45) is 5.92 Å². The number of anilines is 1. The van der Waals surface area contributed by atoms with Crippen molar-refractivity contribution in [2.75, 3.05) is 44.3 Å². The van der Waals surface area contributed by atoms with Crippen molar-refractivity contribution in [1.29, 1.82) is 0 Å². The summed E-state index contributed by atoms with van der Waals surface area (Å²) in [5.74, 6) is 0.234. The molecule has 8 heteroatoms. The fourth-order valence-electron chi connectivity index (χ4n) is 3.81. The van der Waals surface area contributed by atoms with Crippen molar-refractivity contribution in [3.8, 4) is 5.69 Å². The van der Waals surface area contributed by atoms with Crippen LogP contribution in [0.4, 0.5) is 5.69 Å². The highest BCUT2D eigenvalue weighted by molar-refractivity contribution is 6.33. The third-order valence-electron chi connectivity index (χ3n) is 5.41. The Balaban J connectivity index is 1.45. The van der Waals surface area contributed by atoms with Gasteiger partial charge in [-0.1, -0.05) is 29.8 Å². The van der Waals surface area contributed by atoms with Gasteiger partial charge in [0.05, 0.1) is 30.8 Å². The Bertz CT molecular complexity index is 888. The molecule has 0 N–H and O–H groups in total. The molecule has 4 rings (SSSR count). The molecule has 1 aromatic carbocycles. The highest BCUT2D eigenvalue weighted by Crippen LogP contribution is 2.28. The number of nitrogens with zero attached hydrogens (tertiary/aromatic N) is 4. The first-order chi connectivity index (χ1) is 13.6. The Kier molecular flexibility index (Phi) is 5.64. The molecule has 0 radical (unpaired) electrons. The Morgan fingerprint density at radius 3 is 2.43 bits per heavy atom. The zero-order valence-electron chi connectivity index (χ0n) is 15.6. The van der Waals surface area contributed by atoms with E-state index in [-0.39, 0.29) is 22.4 Å². The van der Waals surface area contributed by atoms with Crippen LogP contribution < -0.4 is 10.5 Å². The number of amides is 1. The lowest BCUT2D eigenvalue weighted by molar-refractivity contribution is -0.140. The summed E-state index contributed by atoms with van der Waals surface area (Å²) in [5, 5.41) is 4.46. The molecule has 3 heterocycles. The molecule has 2 fully saturated rings. The largest absolute Gasteiger partial charge is 0.378 e. The summed E-state index contributed by atoms with van der Waals surface area (Å²) < 4.78 is 6.63. The smallest absolute Gasteiger partial charge is 0.292 e. The van der Waals surface area contributed by atoms with Gasteiger partial charge in [0.15, 0.2) is 0 Å². The van der Waals surface area contributed by atoms with E-state index < -0.39 is 0 Å². The van der Waals surface area contributed by atoms with Crippen LogP contribution in [0.3, 0.4) is 0 Å². The zero-order valence-corrected chi connectivity index (χ0v) is 16.3. The molecule has 1 aromatic heterocycles. The van der Waals surface area contributed by atoms with E-state index in [0.717, 1.165) is 12.8 Å². The second kappa shape index (κ2) is 8.32. The Morgan fingerprint density at radius 2 is 1.75 bits per heavy atom. The average molecular weight is 403 g/mol. The van der Waals surface area contributed by atoms with Gasteiger partial charge in [0, 0.05) is 32.1 Å². The Morgan fingerprint density at radius 1 is 1.07 bits per heavy atom. The van der Waals surface area contributed by atoms with Gasteiger partial charge in [-0.2, -0.15) is 9.78 Å². The lowest BCUT2D eigenvalue weighted by Gasteiger charge is -2.36. The number of hydrogen-bond acceptors (Lipinski definition) is 5. The van der Waals surface area contributed by atoms with E-state index in [4.69, 9.17) is 16.3 Å². The molecule has 0 atom stereocenters. The molecule has 0 aliphatic carbocycles. The van der Waals surface area contributed by atoms with Crippen LogP contribution >= 0.6 is 11.6 Å². The fourth-order valence-corrected chi connectivity index (χ4v) is 4.06. The normalized spacial score (nSPS) is 18.3. The van der Waals surface area contributed by atoms with E-state index in [9.17, 15) is 9.59 Å². The van der Waals surface area contributed by atoms with Gasteiger partial charge in [-0.25, -0.2) is 0 Å². The maximum absolute atomic E-state index is 12.7. The summed E-state index contributed by atoms with van der Waals surface area (Å²) in [7, 11) is 0. The van der Waals surface area contributed by atoms with E-state index in [0.29, 0.717) is 50.8 Å². The number of para-hydroxylation sites is 1. The predicted octanol–water partition coefficient (Wildman–Crippen LogP) is 1.96. The van der Waals surface area contributed by atoms with Crippen molar-refractivity contribution in [3.63, 3.8) is 0 Å². The SMILES string of the molecule is O=C(C1CCN(c2cnn(-c3ccccc3)c(=O)c2Cl)CC1)N1CCOCC1. The van der Waals surface area contributed by atoms with Gasteiger partial charge in [0.25, 0.3) is 5.56 Å². The van der Waals surface area contributed by atoms with Crippen molar-refractivity contribution in [2.45, 2.75) is 12.8 Å². The summed E-state index contributed by atoms with van der Waals surface area (Å²) in [6.45, 7) is 3.93. The van der Waals surface area contributed by atoms with Crippen molar-refractivity contribution < 1.29 is 9.53 Å². The van der Waals surface area contributed by atoms with Gasteiger partial charge in [0.1, 0.15) is 5.02 Å². The van der Waals surface area contributed by atoms with Crippen molar-refractivity contribution in [1.82, 2.24) is 14.7 Å². The lowest BCUT2D eigenvalue weighted by atomic mass is 9.95. The van der Waals surface area contributed by atoms with E-state index in [2.05, 4.69) is 10.00 Å². The number of aromatic nitrogens is 2. The topological polar surface area (TPSA) is 67.7 Å². The van der Waals surface area contributed by atoms with Gasteiger partial charge < -0.3 is 14.5 Å². The molecule has 2 aliphatic rings. The van der Waals surface area contributed by atoms with Crippen molar-refractivity contribution in [3.05, 3.63) is 51.9 Å². The number of morpholine rings is 1. The van der Waals surface area contributed by atoms with E-state index in [1.54, 1.807) is 6.20 Å². The third kappa shape index (κ3) is 3.77. The number of ether oxygens (including phenoxy) is 1. The summed E-state index contributed by atoms with van der Waals surface area (Å²) in [6, 6.07) is 9.20. The van der Waals surface area contributed by atoms with Gasteiger partial charge in [-0.15, -0.1) is 0 Å². The van der Waals surface area contributed by atoms with Gasteiger partial charge in [-0.3, -0.25) is 9.59 Å². The van der Waals surface area contributed by atoms with Gasteiger partial charge in [-0.05, 0) is 25.0 Å². The summed E-state index contributed by atoms with van der Waals surface area (Å²) in [4.78, 5) is 29.3. The maximum atomic E-state index is 12.7. The summed E-state index contributed by atoms with van der Waals surface area (Å²) in [5.41, 5.74) is 0.976. The van der Waals surface area contributed by atoms with Crippen LogP contribution in [-0.2, 0) is 9.53 Å². The Labute approximate surface area is 168 Å². The standard InChI is InChI=1S/C20H23ClN4O3/c21-18-17(14-22-25(20(18)27)16-4-2-1-3-5-16)23-8-6-15(7-9-23)19(26)24-10-12-28-13-11-24/h1-5,14-15H,6-13H2. The first-order valence-electron chi connectivity index (χ1n) is 9.60. The number of rotatable bonds is 3. The van der Waals surface area contributed by atoms with Crippen LogP contribution in [0.2, 0.25) is 5.02 Å². The molecule has 2 aliphatic heterocycles. The highest BCUT2D eigenvalue weighted by Gasteiger charge is 2.30. The molecule has 0 saturated carbocycles. The lowest BCUT2D eigenvalue weighted by Crippen LogP contribution is -2.47. The van der Waals surface area contributed by atoms with E-state index in [1.165, 1.54) is 4.68 Å². The van der Waals surface area contributed by atoms with Crippen LogP contribution in [0.25, 0.3) is 5.69 Å². The first kappa shape index (κ1) is 19.0. The van der Waals surface area contributed by atoms with Crippen LogP contribution in [0.15, 0.2) is 41.3 Å². The van der Waals surface area contributed by atoms with Gasteiger partial charge >= 0.3 is 0 Å². The van der Waals surface area contributed by atoms with E-state index in [1.807, 2.05) is 35.2 Å². The first-order valence-corrected chi connectivity index (χ1v) is 9.97. The fraction of sp³-hybridized carbons (Fsp3) is 0.450. The van der Waals surface area contributed by atoms with E-state index >= 15 is 0 Å². The monoisotopic (exact) mass is 402 g/mol. The number of carbonyl (C=O) groups excluding carboxylic acids is 1. The minimum atomic E-state index is -0.336. The minimum Gasteiger partial charge on any atom is -0.378 e. The maximum Gasteiger partial charge on any atom is 0.292 e. The second-order valence-electron chi connectivity index (χ2n) is 7.10. The quantitative estimate of drug-likeness (QED) is 0.785. The third-order valence-corrected chi connectivity index (χ3v) is 5.76. The molecule has 148 valence electrons. The predicted molar refractivity (Wildman–Crippen MR) is 107 cm³/mol. The molecule has 0 spiro atoms. The molecule has 1 amide bonds. The summed E-state index contributed by atoms with van der Waals surface area (Å²) in [6.07, 6.45) is 3.13. The number of carbonyl (C=O) groups is 1. The number of halogens is 1. The van der Waals surface area contributed by atoms with Crippen LogP contribution in [0.1, 0.15) is 12.8 Å². The van der Waals surface area contributed by atoms with Crippen LogP contribution in [0, 0.1) is 5.92 Å². The number of piperidine rings is 1. The number of benzene rings is 1. The van der Waals surface area contributed by atoms with Crippen LogP contribution in [-0.4, -0.2) is 60.0 Å². The molecule has 2 saturated heterocycles. The van der Waals surface area contributed by atoms with Gasteiger partial charge in [0.2, 0.25) is 5.91 Å². The van der Waals surface area contributed by atoms with Crippen molar-refractivity contribution >= 4 is 23.2 Å². The second-order valence-corrected chi connectivity index (χ2v) is 7.47. The molecule has 0 unspecified atom stereocenters. The molecule has 0 bridgehead atoms. The minimum absolute atomic E-state index is 0.0192. The Hall–Kier alpha value is -2.38. The molecular weight excluding hydrogens is 380 g/mol. The summed E-state index contributed by atoms with van der Waals surface area (Å²) >= 11 is 6.40. The average Bonchev–Trinajstić information content (AvgIpc) is 2.76. The van der Waals surface area contributed by atoms with Crippen LogP contribution in [0.5, 0.6) is 0 Å². The molecule has 2 aromatic rings. The molecular formula is C20H23ClN4O3. The zero-order chi connectivity index (χ0) is 19.5. The number of hydrogen-bond donors (Lipinski definition) is 0. The highest BCUT2D eigenvalue weighted by atomic mass is 35.5. The molecule has 28 heavy (non-hydrogen) atoms. The molecule has 7 nitrogen and oxygen atoms in total.